The van der Waals surface area contributed by atoms with Crippen molar-refractivity contribution in [2.24, 2.45) is 0 Å². The van der Waals surface area contributed by atoms with E-state index in [1.54, 1.807) is 0 Å². The lowest BCUT2D eigenvalue weighted by atomic mass is 9.95. The molecule has 1 aromatic heterocycles. The zero-order valence-electron chi connectivity index (χ0n) is 7.83. The Morgan fingerprint density at radius 1 is 1.36 bits per heavy atom. The molecule has 0 saturated heterocycles. The standard InChI is InChI=1S/C10H10O4/c1-13-8-5-9(12)14-7-4-2-3-6(11)10(7)8/h5H,2-4H2,1H3. The molecule has 0 spiro atoms. The van der Waals surface area contributed by atoms with E-state index in [9.17, 15) is 9.59 Å². The second kappa shape index (κ2) is 3.29. The fraction of sp³-hybridized carbons (Fsp3) is 0.400. The van der Waals surface area contributed by atoms with Gasteiger partial charge in [-0.15, -0.1) is 0 Å². The van der Waals surface area contributed by atoms with Crippen LogP contribution in [0.3, 0.4) is 0 Å². The lowest BCUT2D eigenvalue weighted by Gasteiger charge is -2.14. The zero-order chi connectivity index (χ0) is 10.1. The molecule has 2 rings (SSSR count). The van der Waals surface area contributed by atoms with Crippen LogP contribution in [-0.2, 0) is 6.42 Å². The molecular formula is C10H10O4. The number of methoxy groups -OCH3 is 1. The third kappa shape index (κ3) is 1.32. The molecule has 0 radical (unpaired) electrons. The Balaban J connectivity index is 2.67. The number of aryl methyl sites for hydroxylation is 1. The molecule has 14 heavy (non-hydrogen) atoms. The lowest BCUT2D eigenvalue weighted by Crippen LogP contribution is -2.16. The normalized spacial score (nSPS) is 15.1. The first-order chi connectivity index (χ1) is 6.72. The number of hydrogen-bond acceptors (Lipinski definition) is 4. The topological polar surface area (TPSA) is 56.5 Å². The van der Waals surface area contributed by atoms with Crippen molar-refractivity contribution in [1.29, 1.82) is 0 Å². The van der Waals surface area contributed by atoms with Gasteiger partial charge in [0, 0.05) is 12.8 Å². The summed E-state index contributed by atoms with van der Waals surface area (Å²) in [6.45, 7) is 0. The largest absolute Gasteiger partial charge is 0.496 e. The van der Waals surface area contributed by atoms with E-state index in [1.807, 2.05) is 0 Å². The minimum atomic E-state index is -0.463. The average Bonchev–Trinajstić information content (AvgIpc) is 2.16. The highest BCUT2D eigenvalue weighted by Crippen LogP contribution is 2.27. The smallest absolute Gasteiger partial charge is 0.339 e. The predicted molar refractivity (Wildman–Crippen MR) is 48.8 cm³/mol. The van der Waals surface area contributed by atoms with Crippen LogP contribution in [0.4, 0.5) is 0 Å². The maximum absolute atomic E-state index is 11.5. The van der Waals surface area contributed by atoms with E-state index in [4.69, 9.17) is 9.15 Å². The first-order valence-corrected chi connectivity index (χ1v) is 4.46. The highest BCUT2D eigenvalue weighted by molar-refractivity contribution is 6.00. The van der Waals surface area contributed by atoms with Crippen LogP contribution in [0.2, 0.25) is 0 Å². The van der Waals surface area contributed by atoms with Crippen LogP contribution in [0.1, 0.15) is 29.0 Å². The van der Waals surface area contributed by atoms with Gasteiger partial charge in [0.2, 0.25) is 0 Å². The molecule has 0 fully saturated rings. The van der Waals surface area contributed by atoms with Crippen LogP contribution in [0, 0.1) is 0 Å². The van der Waals surface area contributed by atoms with Crippen molar-refractivity contribution in [2.75, 3.05) is 7.11 Å². The number of ketones is 1. The van der Waals surface area contributed by atoms with Gasteiger partial charge in [-0.3, -0.25) is 4.79 Å². The molecule has 0 bridgehead atoms. The summed E-state index contributed by atoms with van der Waals surface area (Å²) in [6.07, 6.45) is 1.87. The fourth-order valence-corrected chi connectivity index (χ4v) is 1.68. The minimum Gasteiger partial charge on any atom is -0.496 e. The van der Waals surface area contributed by atoms with Crippen LogP contribution < -0.4 is 10.4 Å². The molecule has 0 atom stereocenters. The fourth-order valence-electron chi connectivity index (χ4n) is 1.68. The van der Waals surface area contributed by atoms with Crippen LogP contribution in [0.25, 0.3) is 0 Å². The molecule has 74 valence electrons. The van der Waals surface area contributed by atoms with Crippen LogP contribution in [0.15, 0.2) is 15.3 Å². The Hall–Kier alpha value is -1.58. The van der Waals surface area contributed by atoms with Gasteiger partial charge < -0.3 is 9.15 Å². The third-order valence-electron chi connectivity index (χ3n) is 2.30. The Labute approximate surface area is 80.5 Å². The first kappa shape index (κ1) is 8.99. The van der Waals surface area contributed by atoms with Gasteiger partial charge in [-0.1, -0.05) is 0 Å². The van der Waals surface area contributed by atoms with Crippen molar-refractivity contribution in [2.45, 2.75) is 19.3 Å². The third-order valence-corrected chi connectivity index (χ3v) is 2.30. The second-order valence-electron chi connectivity index (χ2n) is 3.21. The molecule has 1 aliphatic carbocycles. The number of hydrogen-bond donors (Lipinski definition) is 0. The summed E-state index contributed by atoms with van der Waals surface area (Å²) in [7, 11) is 1.44. The number of carbonyl (C=O) groups excluding carboxylic acids is 1. The summed E-state index contributed by atoms with van der Waals surface area (Å²) in [6, 6.07) is 1.21. The summed E-state index contributed by atoms with van der Waals surface area (Å²) in [5.41, 5.74) is -0.0198. The van der Waals surface area contributed by atoms with Gasteiger partial charge in [-0.05, 0) is 6.42 Å². The molecule has 1 aromatic rings. The van der Waals surface area contributed by atoms with Gasteiger partial charge in [-0.2, -0.15) is 0 Å². The molecular weight excluding hydrogens is 184 g/mol. The molecule has 0 N–H and O–H groups in total. The number of ether oxygens (including phenoxy) is 1. The van der Waals surface area contributed by atoms with Crippen molar-refractivity contribution >= 4 is 5.78 Å². The molecule has 4 nitrogen and oxygen atoms in total. The average molecular weight is 194 g/mol. The van der Waals surface area contributed by atoms with E-state index in [0.717, 1.165) is 6.42 Å². The van der Waals surface area contributed by atoms with Gasteiger partial charge in [0.15, 0.2) is 5.78 Å². The van der Waals surface area contributed by atoms with Crippen molar-refractivity contribution in [1.82, 2.24) is 0 Å². The second-order valence-corrected chi connectivity index (χ2v) is 3.21. The summed E-state index contributed by atoms with van der Waals surface area (Å²) in [5.74, 6) is 0.790. The van der Waals surface area contributed by atoms with E-state index in [1.165, 1.54) is 13.2 Å². The molecule has 4 heteroatoms. The van der Waals surface area contributed by atoms with Crippen molar-refractivity contribution < 1.29 is 13.9 Å². The Morgan fingerprint density at radius 2 is 2.14 bits per heavy atom. The summed E-state index contributed by atoms with van der Waals surface area (Å²) in [4.78, 5) is 22.6. The van der Waals surface area contributed by atoms with Crippen molar-refractivity contribution in [3.05, 3.63) is 27.8 Å². The zero-order valence-corrected chi connectivity index (χ0v) is 7.83. The lowest BCUT2D eigenvalue weighted by molar-refractivity contribution is 0.0962. The van der Waals surface area contributed by atoms with E-state index in [-0.39, 0.29) is 5.78 Å². The Morgan fingerprint density at radius 3 is 2.86 bits per heavy atom. The predicted octanol–water partition coefficient (Wildman–Crippen LogP) is 1.17. The highest BCUT2D eigenvalue weighted by atomic mass is 16.5. The Bertz CT molecular complexity index is 410. The number of carbonyl (C=O) groups is 1. The number of rotatable bonds is 1. The van der Waals surface area contributed by atoms with Gasteiger partial charge in [0.05, 0.1) is 18.7 Å². The SMILES string of the molecule is COc1cc(=O)oc2c1C(=O)CCC2. The van der Waals surface area contributed by atoms with Crippen LogP contribution in [0.5, 0.6) is 5.75 Å². The Kier molecular flexibility index (Phi) is 2.11. The highest BCUT2D eigenvalue weighted by Gasteiger charge is 2.24. The molecule has 0 unspecified atom stereocenters. The summed E-state index contributed by atoms with van der Waals surface area (Å²) < 4.78 is 9.94. The summed E-state index contributed by atoms with van der Waals surface area (Å²) in [5, 5.41) is 0. The molecule has 0 saturated carbocycles. The van der Waals surface area contributed by atoms with E-state index in [2.05, 4.69) is 0 Å². The number of Topliss-reactive ketones (excluding diaryl/α,β-unsaturated/α-hetero) is 1. The molecule has 0 aliphatic heterocycles. The maximum Gasteiger partial charge on any atom is 0.339 e. The van der Waals surface area contributed by atoms with E-state index < -0.39 is 5.63 Å². The van der Waals surface area contributed by atoms with E-state index in [0.29, 0.717) is 29.9 Å². The van der Waals surface area contributed by atoms with E-state index >= 15 is 0 Å². The summed E-state index contributed by atoms with van der Waals surface area (Å²) >= 11 is 0. The van der Waals surface area contributed by atoms with Crippen LogP contribution >= 0.6 is 0 Å². The quantitative estimate of drug-likeness (QED) is 0.673. The van der Waals surface area contributed by atoms with Gasteiger partial charge in [0.1, 0.15) is 11.5 Å². The molecule has 0 aromatic carbocycles. The van der Waals surface area contributed by atoms with Gasteiger partial charge in [-0.25, -0.2) is 4.79 Å². The molecule has 1 aliphatic rings. The van der Waals surface area contributed by atoms with Crippen LogP contribution in [-0.4, -0.2) is 12.9 Å². The van der Waals surface area contributed by atoms with Crippen molar-refractivity contribution in [3.8, 4) is 5.75 Å². The minimum absolute atomic E-state index is 0.00755. The molecule has 0 amide bonds. The monoisotopic (exact) mass is 194 g/mol. The van der Waals surface area contributed by atoms with Gasteiger partial charge in [0.25, 0.3) is 0 Å². The van der Waals surface area contributed by atoms with Gasteiger partial charge >= 0.3 is 5.63 Å². The first-order valence-electron chi connectivity index (χ1n) is 4.46. The van der Waals surface area contributed by atoms with Crippen molar-refractivity contribution in [3.63, 3.8) is 0 Å². The maximum atomic E-state index is 11.5. The number of fused-ring (bicyclic) bond motifs is 1. The molecule has 1 heterocycles.